The van der Waals surface area contributed by atoms with Crippen LogP contribution in [0.5, 0.6) is 0 Å². The smallest absolute Gasteiger partial charge is 0.214 e. The molecule has 5 heteroatoms. The van der Waals surface area contributed by atoms with Gasteiger partial charge in [0, 0.05) is 24.0 Å². The average molecular weight is 258 g/mol. The molecule has 0 N–H and O–H groups in total. The van der Waals surface area contributed by atoms with E-state index >= 15 is 0 Å². The third-order valence-corrected chi connectivity index (χ3v) is 2.92. The van der Waals surface area contributed by atoms with E-state index in [9.17, 15) is 4.79 Å². The van der Waals surface area contributed by atoms with Crippen LogP contribution >= 0.6 is 11.6 Å². The molecule has 88 valence electrons. The van der Waals surface area contributed by atoms with Gasteiger partial charge in [0.1, 0.15) is 5.69 Å². The van der Waals surface area contributed by atoms with E-state index in [1.165, 1.54) is 0 Å². The fraction of sp³-hybridized carbons (Fsp3) is 0. The predicted molar refractivity (Wildman–Crippen MR) is 67.9 cm³/mol. The van der Waals surface area contributed by atoms with Gasteiger partial charge in [0.25, 0.3) is 0 Å². The molecular weight excluding hydrogens is 250 g/mol. The summed E-state index contributed by atoms with van der Waals surface area (Å²) < 4.78 is 1.56. The highest BCUT2D eigenvalue weighted by atomic mass is 35.5. The van der Waals surface area contributed by atoms with Crippen molar-refractivity contribution in [2.45, 2.75) is 0 Å². The SMILES string of the molecule is O=C(c1cc2ncccn2n1)c1ccccc1Cl. The third-order valence-electron chi connectivity index (χ3n) is 2.59. The topological polar surface area (TPSA) is 47.3 Å². The number of halogens is 1. The second-order valence-corrected chi connectivity index (χ2v) is 4.17. The van der Waals surface area contributed by atoms with E-state index in [4.69, 9.17) is 11.6 Å². The fourth-order valence-corrected chi connectivity index (χ4v) is 1.95. The molecule has 2 aromatic heterocycles. The predicted octanol–water partition coefficient (Wildman–Crippen LogP) is 2.61. The molecule has 0 aliphatic rings. The van der Waals surface area contributed by atoms with Gasteiger partial charge in [-0.3, -0.25) is 4.79 Å². The van der Waals surface area contributed by atoms with Crippen LogP contribution in [0, 0.1) is 0 Å². The Hall–Kier alpha value is -2.20. The van der Waals surface area contributed by atoms with E-state index in [0.29, 0.717) is 21.9 Å². The van der Waals surface area contributed by atoms with Gasteiger partial charge >= 0.3 is 0 Å². The molecule has 0 bridgehead atoms. The quantitative estimate of drug-likeness (QED) is 0.663. The Kier molecular flexibility index (Phi) is 2.57. The van der Waals surface area contributed by atoms with Crippen molar-refractivity contribution in [2.75, 3.05) is 0 Å². The van der Waals surface area contributed by atoms with Gasteiger partial charge < -0.3 is 0 Å². The molecule has 18 heavy (non-hydrogen) atoms. The highest BCUT2D eigenvalue weighted by molar-refractivity contribution is 6.34. The Morgan fingerprint density at radius 3 is 2.83 bits per heavy atom. The van der Waals surface area contributed by atoms with Crippen LogP contribution in [0.25, 0.3) is 5.65 Å². The minimum Gasteiger partial charge on any atom is -0.287 e. The van der Waals surface area contributed by atoms with Crippen molar-refractivity contribution in [1.82, 2.24) is 14.6 Å². The number of carbonyl (C=O) groups excluding carboxylic acids is 1. The van der Waals surface area contributed by atoms with Crippen LogP contribution in [0.3, 0.4) is 0 Å². The molecule has 0 radical (unpaired) electrons. The molecule has 0 saturated carbocycles. The number of rotatable bonds is 2. The van der Waals surface area contributed by atoms with E-state index in [2.05, 4.69) is 10.1 Å². The number of carbonyl (C=O) groups is 1. The van der Waals surface area contributed by atoms with E-state index < -0.39 is 0 Å². The minimum atomic E-state index is -0.203. The Morgan fingerprint density at radius 2 is 2.06 bits per heavy atom. The second-order valence-electron chi connectivity index (χ2n) is 3.76. The number of benzene rings is 1. The Bertz CT molecular complexity index is 703. The summed E-state index contributed by atoms with van der Waals surface area (Å²) in [5, 5.41) is 4.60. The maximum Gasteiger partial charge on any atom is 0.214 e. The molecular formula is C13H8ClN3O. The van der Waals surface area contributed by atoms with Gasteiger partial charge in [-0.15, -0.1) is 0 Å². The van der Waals surface area contributed by atoms with Crippen molar-refractivity contribution in [2.24, 2.45) is 0 Å². The Labute approximate surface area is 108 Å². The number of hydrogen-bond donors (Lipinski definition) is 0. The Morgan fingerprint density at radius 1 is 1.22 bits per heavy atom. The highest BCUT2D eigenvalue weighted by Gasteiger charge is 2.15. The molecule has 4 nitrogen and oxygen atoms in total. The van der Waals surface area contributed by atoms with Crippen LogP contribution < -0.4 is 0 Å². The molecule has 3 rings (SSSR count). The standard InChI is InChI=1S/C13H8ClN3O/c14-10-5-2-1-4-9(10)13(18)11-8-12-15-6-3-7-17(12)16-11/h1-8H. The summed E-state index contributed by atoms with van der Waals surface area (Å²) in [7, 11) is 0. The molecule has 0 fully saturated rings. The number of nitrogens with zero attached hydrogens (tertiary/aromatic N) is 3. The van der Waals surface area contributed by atoms with Gasteiger partial charge in [-0.05, 0) is 18.2 Å². The van der Waals surface area contributed by atoms with Crippen LogP contribution in [-0.2, 0) is 0 Å². The molecule has 1 aromatic carbocycles. The largest absolute Gasteiger partial charge is 0.287 e. The molecule has 0 saturated heterocycles. The minimum absolute atomic E-state index is 0.203. The lowest BCUT2D eigenvalue weighted by molar-refractivity contribution is 0.103. The number of aromatic nitrogens is 3. The zero-order valence-electron chi connectivity index (χ0n) is 9.25. The van der Waals surface area contributed by atoms with Crippen molar-refractivity contribution in [3.63, 3.8) is 0 Å². The normalized spacial score (nSPS) is 10.7. The zero-order valence-corrected chi connectivity index (χ0v) is 10.0. The summed E-state index contributed by atoms with van der Waals surface area (Å²) in [6.45, 7) is 0. The number of ketones is 1. The first-order valence-electron chi connectivity index (χ1n) is 5.35. The first kappa shape index (κ1) is 10.9. The van der Waals surface area contributed by atoms with Crippen molar-refractivity contribution in [3.05, 3.63) is 65.1 Å². The van der Waals surface area contributed by atoms with Gasteiger partial charge in [-0.2, -0.15) is 5.10 Å². The fourth-order valence-electron chi connectivity index (χ4n) is 1.72. The molecule has 0 atom stereocenters. The lowest BCUT2D eigenvalue weighted by atomic mass is 10.1. The lowest BCUT2D eigenvalue weighted by Crippen LogP contribution is -2.03. The Balaban J connectivity index is 2.10. The first-order chi connectivity index (χ1) is 8.75. The summed E-state index contributed by atoms with van der Waals surface area (Å²) >= 11 is 6.00. The van der Waals surface area contributed by atoms with E-state index in [1.807, 2.05) is 0 Å². The van der Waals surface area contributed by atoms with Crippen molar-refractivity contribution < 1.29 is 4.79 Å². The molecule has 0 aliphatic carbocycles. The monoisotopic (exact) mass is 257 g/mol. The molecule has 3 aromatic rings. The summed E-state index contributed by atoms with van der Waals surface area (Å²) in [4.78, 5) is 16.4. The van der Waals surface area contributed by atoms with Crippen LogP contribution in [0.4, 0.5) is 0 Å². The summed E-state index contributed by atoms with van der Waals surface area (Å²) in [6, 6.07) is 10.3. The average Bonchev–Trinajstić information content (AvgIpc) is 2.82. The third kappa shape index (κ3) is 1.76. The van der Waals surface area contributed by atoms with Crippen molar-refractivity contribution in [3.8, 4) is 0 Å². The van der Waals surface area contributed by atoms with Gasteiger partial charge in [0.05, 0.1) is 5.02 Å². The molecule has 0 spiro atoms. The molecule has 0 unspecified atom stereocenters. The summed E-state index contributed by atoms with van der Waals surface area (Å²) in [6.07, 6.45) is 3.40. The van der Waals surface area contributed by atoms with Gasteiger partial charge in [0.15, 0.2) is 5.65 Å². The lowest BCUT2D eigenvalue weighted by Gasteiger charge is -1.99. The molecule has 0 amide bonds. The zero-order chi connectivity index (χ0) is 12.5. The second kappa shape index (κ2) is 4.23. The maximum absolute atomic E-state index is 12.2. The number of fused-ring (bicyclic) bond motifs is 1. The van der Waals surface area contributed by atoms with Crippen molar-refractivity contribution >= 4 is 23.0 Å². The molecule has 0 aliphatic heterocycles. The number of hydrogen-bond acceptors (Lipinski definition) is 3. The van der Waals surface area contributed by atoms with Crippen LogP contribution in [0.2, 0.25) is 5.02 Å². The van der Waals surface area contributed by atoms with Gasteiger partial charge in [-0.1, -0.05) is 23.7 Å². The molecule has 2 heterocycles. The van der Waals surface area contributed by atoms with Crippen molar-refractivity contribution in [1.29, 1.82) is 0 Å². The maximum atomic E-state index is 12.2. The highest BCUT2D eigenvalue weighted by Crippen LogP contribution is 2.18. The van der Waals surface area contributed by atoms with Crippen LogP contribution in [0.15, 0.2) is 48.8 Å². The van der Waals surface area contributed by atoms with Crippen LogP contribution in [-0.4, -0.2) is 20.4 Å². The van der Waals surface area contributed by atoms with E-state index in [-0.39, 0.29) is 5.78 Å². The summed E-state index contributed by atoms with van der Waals surface area (Å²) in [5.41, 5.74) is 1.41. The van der Waals surface area contributed by atoms with E-state index in [0.717, 1.165) is 0 Å². The van der Waals surface area contributed by atoms with Gasteiger partial charge in [0.2, 0.25) is 5.78 Å². The summed E-state index contributed by atoms with van der Waals surface area (Å²) in [5.74, 6) is -0.203. The van der Waals surface area contributed by atoms with Gasteiger partial charge in [-0.25, -0.2) is 9.50 Å². The van der Waals surface area contributed by atoms with E-state index in [1.54, 1.807) is 53.3 Å². The first-order valence-corrected chi connectivity index (χ1v) is 5.73. The van der Waals surface area contributed by atoms with Crippen LogP contribution in [0.1, 0.15) is 16.1 Å².